The van der Waals surface area contributed by atoms with Gasteiger partial charge in [-0.2, -0.15) is 5.10 Å². The summed E-state index contributed by atoms with van der Waals surface area (Å²) >= 11 is 0. The molecule has 0 bridgehead atoms. The number of nitrogens with two attached hydrogens (primary N) is 1. The summed E-state index contributed by atoms with van der Waals surface area (Å²) < 4.78 is 1.27. The van der Waals surface area contributed by atoms with E-state index in [2.05, 4.69) is 10.1 Å². The Morgan fingerprint density at radius 3 is 3.07 bits per heavy atom. The van der Waals surface area contributed by atoms with Gasteiger partial charge in [0, 0.05) is 12.6 Å². The first-order chi connectivity index (χ1) is 6.72. The lowest BCUT2D eigenvalue weighted by Crippen LogP contribution is -2.10. The van der Waals surface area contributed by atoms with E-state index in [0.717, 1.165) is 0 Å². The van der Waals surface area contributed by atoms with Crippen LogP contribution in [0.1, 0.15) is 16.2 Å². The molecule has 0 unspecified atom stereocenters. The molecule has 6 heteroatoms. The Hall–Kier alpha value is -1.95. The summed E-state index contributed by atoms with van der Waals surface area (Å²) in [7, 11) is 0. The fraction of sp³-hybridized carbons (Fsp3) is 0.125. The molecule has 0 radical (unpaired) electrons. The van der Waals surface area contributed by atoms with Gasteiger partial charge in [0.1, 0.15) is 0 Å². The number of aromatic nitrogens is 3. The van der Waals surface area contributed by atoms with Crippen molar-refractivity contribution in [1.82, 2.24) is 14.6 Å². The number of carbonyl (C=O) groups is 1. The zero-order valence-corrected chi connectivity index (χ0v) is 7.21. The molecule has 0 aliphatic heterocycles. The van der Waals surface area contributed by atoms with Crippen molar-refractivity contribution in [1.29, 1.82) is 0 Å². The topological polar surface area (TPSA) is 93.5 Å². The third-order valence-electron chi connectivity index (χ3n) is 1.84. The molecule has 2 heterocycles. The van der Waals surface area contributed by atoms with Crippen molar-refractivity contribution in [2.24, 2.45) is 5.73 Å². The highest BCUT2D eigenvalue weighted by atomic mass is 16.4. The van der Waals surface area contributed by atoms with E-state index < -0.39 is 5.97 Å². The molecule has 0 aromatic carbocycles. The minimum absolute atomic E-state index is 0.0699. The molecule has 0 aliphatic carbocycles. The third-order valence-corrected chi connectivity index (χ3v) is 1.84. The number of nitrogens with zero attached hydrogens (tertiary/aromatic N) is 3. The Bertz CT molecular complexity index is 491. The summed E-state index contributed by atoms with van der Waals surface area (Å²) in [6.07, 6.45) is 1.50. The molecule has 0 spiro atoms. The molecule has 2 rings (SSSR count). The van der Waals surface area contributed by atoms with Crippen molar-refractivity contribution in [2.75, 3.05) is 0 Å². The Kier molecular flexibility index (Phi) is 1.90. The van der Waals surface area contributed by atoms with E-state index in [0.29, 0.717) is 11.3 Å². The summed E-state index contributed by atoms with van der Waals surface area (Å²) in [6, 6.07) is 3.05. The standard InChI is InChI=1S/C8H8N4O2/c9-4-5-3-6(8(13)14)12-7(11-5)1-2-10-12/h1-3H,4,9H2,(H,13,14). The molecule has 0 fully saturated rings. The summed E-state index contributed by atoms with van der Waals surface area (Å²) in [5, 5.41) is 12.7. The summed E-state index contributed by atoms with van der Waals surface area (Å²) in [4.78, 5) is 15.0. The highest BCUT2D eigenvalue weighted by Crippen LogP contribution is 2.06. The number of carboxylic acid groups (broad SMARTS) is 1. The van der Waals surface area contributed by atoms with E-state index in [1.165, 1.54) is 16.8 Å². The molecule has 0 saturated carbocycles. The van der Waals surface area contributed by atoms with Crippen LogP contribution in [0.3, 0.4) is 0 Å². The van der Waals surface area contributed by atoms with Gasteiger partial charge in [-0.05, 0) is 6.07 Å². The lowest BCUT2D eigenvalue weighted by atomic mass is 10.3. The summed E-state index contributed by atoms with van der Waals surface area (Å²) in [5.74, 6) is -1.05. The molecular weight excluding hydrogens is 184 g/mol. The van der Waals surface area contributed by atoms with Crippen molar-refractivity contribution >= 4 is 11.6 Å². The zero-order valence-electron chi connectivity index (χ0n) is 7.21. The van der Waals surface area contributed by atoms with E-state index >= 15 is 0 Å². The molecule has 14 heavy (non-hydrogen) atoms. The zero-order chi connectivity index (χ0) is 10.1. The molecule has 3 N–H and O–H groups in total. The highest BCUT2D eigenvalue weighted by molar-refractivity contribution is 5.86. The van der Waals surface area contributed by atoms with Crippen LogP contribution in [0.5, 0.6) is 0 Å². The number of hydrogen-bond acceptors (Lipinski definition) is 4. The fourth-order valence-corrected chi connectivity index (χ4v) is 1.22. The van der Waals surface area contributed by atoms with Crippen LogP contribution < -0.4 is 5.73 Å². The van der Waals surface area contributed by atoms with Gasteiger partial charge >= 0.3 is 5.97 Å². The second kappa shape index (κ2) is 3.08. The van der Waals surface area contributed by atoms with Gasteiger partial charge in [-0.15, -0.1) is 0 Å². The van der Waals surface area contributed by atoms with Crippen LogP contribution in [0.25, 0.3) is 5.65 Å². The Balaban J connectivity index is 2.76. The molecule has 0 aliphatic rings. The van der Waals surface area contributed by atoms with Gasteiger partial charge in [0.05, 0.1) is 11.9 Å². The van der Waals surface area contributed by atoms with Crippen molar-refractivity contribution in [3.8, 4) is 0 Å². The van der Waals surface area contributed by atoms with Gasteiger partial charge < -0.3 is 10.8 Å². The average molecular weight is 192 g/mol. The van der Waals surface area contributed by atoms with Gasteiger partial charge in [0.15, 0.2) is 11.3 Å². The van der Waals surface area contributed by atoms with Gasteiger partial charge in [0.25, 0.3) is 0 Å². The van der Waals surface area contributed by atoms with E-state index in [-0.39, 0.29) is 12.2 Å². The Morgan fingerprint density at radius 1 is 1.64 bits per heavy atom. The largest absolute Gasteiger partial charge is 0.477 e. The fourth-order valence-electron chi connectivity index (χ4n) is 1.22. The van der Waals surface area contributed by atoms with E-state index in [1.54, 1.807) is 6.07 Å². The van der Waals surface area contributed by atoms with E-state index in [1.807, 2.05) is 0 Å². The Labute approximate surface area is 79.0 Å². The molecule has 2 aromatic rings. The monoisotopic (exact) mass is 192 g/mol. The summed E-state index contributed by atoms with van der Waals surface area (Å²) in [5.41, 5.74) is 6.49. The first-order valence-electron chi connectivity index (χ1n) is 3.99. The van der Waals surface area contributed by atoms with Crippen LogP contribution in [-0.2, 0) is 6.54 Å². The van der Waals surface area contributed by atoms with Crippen LogP contribution in [-0.4, -0.2) is 25.7 Å². The minimum atomic E-state index is -1.05. The maximum Gasteiger partial charge on any atom is 0.354 e. The molecule has 6 nitrogen and oxygen atoms in total. The van der Waals surface area contributed by atoms with Crippen molar-refractivity contribution in [3.63, 3.8) is 0 Å². The quantitative estimate of drug-likeness (QED) is 0.692. The second-order valence-electron chi connectivity index (χ2n) is 2.74. The van der Waals surface area contributed by atoms with E-state index in [4.69, 9.17) is 10.8 Å². The average Bonchev–Trinajstić information content (AvgIpc) is 2.63. The predicted octanol–water partition coefficient (Wildman–Crippen LogP) is -0.114. The number of fused-ring (bicyclic) bond motifs is 1. The second-order valence-corrected chi connectivity index (χ2v) is 2.74. The number of carboxylic acids is 1. The smallest absolute Gasteiger partial charge is 0.354 e. The van der Waals surface area contributed by atoms with Gasteiger partial charge in [-0.3, -0.25) is 0 Å². The van der Waals surface area contributed by atoms with Crippen LogP contribution in [0.4, 0.5) is 0 Å². The maximum atomic E-state index is 10.9. The number of hydrogen-bond donors (Lipinski definition) is 2. The van der Waals surface area contributed by atoms with Crippen LogP contribution >= 0.6 is 0 Å². The predicted molar refractivity (Wildman–Crippen MR) is 47.8 cm³/mol. The van der Waals surface area contributed by atoms with Crippen LogP contribution in [0.2, 0.25) is 0 Å². The molecule has 0 atom stereocenters. The SMILES string of the molecule is NCc1cc(C(=O)O)n2nccc2n1. The van der Waals surface area contributed by atoms with Gasteiger partial charge in [-0.25, -0.2) is 14.3 Å². The first kappa shape index (κ1) is 8.64. The van der Waals surface area contributed by atoms with Crippen molar-refractivity contribution < 1.29 is 9.90 Å². The molecular formula is C8H8N4O2. The minimum Gasteiger partial charge on any atom is -0.477 e. The Morgan fingerprint density at radius 2 is 2.43 bits per heavy atom. The number of aromatic carboxylic acids is 1. The normalized spacial score (nSPS) is 10.6. The van der Waals surface area contributed by atoms with Crippen LogP contribution in [0, 0.1) is 0 Å². The van der Waals surface area contributed by atoms with Crippen molar-refractivity contribution in [3.05, 3.63) is 29.7 Å². The number of rotatable bonds is 2. The highest BCUT2D eigenvalue weighted by Gasteiger charge is 2.11. The van der Waals surface area contributed by atoms with Gasteiger partial charge in [-0.1, -0.05) is 0 Å². The molecule has 0 amide bonds. The maximum absolute atomic E-state index is 10.9. The van der Waals surface area contributed by atoms with Crippen LogP contribution in [0.15, 0.2) is 18.3 Å². The lowest BCUT2D eigenvalue weighted by molar-refractivity contribution is 0.0687. The molecule has 0 saturated heterocycles. The first-order valence-corrected chi connectivity index (χ1v) is 3.99. The van der Waals surface area contributed by atoms with E-state index in [9.17, 15) is 4.79 Å². The third kappa shape index (κ3) is 1.21. The lowest BCUT2D eigenvalue weighted by Gasteiger charge is -2.01. The molecule has 72 valence electrons. The van der Waals surface area contributed by atoms with Crippen molar-refractivity contribution in [2.45, 2.75) is 6.54 Å². The van der Waals surface area contributed by atoms with Gasteiger partial charge in [0.2, 0.25) is 0 Å². The summed E-state index contributed by atoms with van der Waals surface area (Å²) in [6.45, 7) is 0.210. The molecule has 2 aromatic heterocycles.